The van der Waals surface area contributed by atoms with Crippen molar-refractivity contribution in [3.63, 3.8) is 0 Å². The number of nitrogens with one attached hydrogen (secondary N) is 1. The highest BCUT2D eigenvalue weighted by molar-refractivity contribution is 4.79. The van der Waals surface area contributed by atoms with E-state index in [0.717, 1.165) is 19.6 Å². The fourth-order valence-corrected chi connectivity index (χ4v) is 1.53. The van der Waals surface area contributed by atoms with E-state index in [1.807, 2.05) is 0 Å². The van der Waals surface area contributed by atoms with E-state index in [0.29, 0.717) is 11.3 Å². The van der Waals surface area contributed by atoms with Gasteiger partial charge in [-0.2, -0.15) is 0 Å². The average molecular weight is 215 g/mol. The first kappa shape index (κ1) is 14.9. The molecule has 0 bridgehead atoms. The van der Waals surface area contributed by atoms with Crippen LogP contribution in [-0.2, 0) is 4.74 Å². The molecule has 0 aromatic rings. The predicted molar refractivity (Wildman–Crippen MR) is 67.2 cm³/mol. The molecular formula is C13H29NO. The molecule has 0 aliphatic rings. The molecular weight excluding hydrogens is 186 g/mol. The summed E-state index contributed by atoms with van der Waals surface area (Å²) in [6, 6.07) is 0. The van der Waals surface area contributed by atoms with Crippen molar-refractivity contribution in [1.29, 1.82) is 0 Å². The maximum Gasteiger partial charge on any atom is 0.0465 e. The Hall–Kier alpha value is -0.0800. The quantitative estimate of drug-likeness (QED) is 0.761. The molecule has 2 heteroatoms. The van der Waals surface area contributed by atoms with Crippen LogP contribution in [0, 0.1) is 11.3 Å². The molecule has 1 atom stereocenters. The minimum absolute atomic E-state index is 0.205. The van der Waals surface area contributed by atoms with Crippen LogP contribution >= 0.6 is 0 Å². The molecule has 1 unspecified atom stereocenters. The summed E-state index contributed by atoms with van der Waals surface area (Å²) in [7, 11) is 1.77. The molecule has 0 rings (SSSR count). The highest BCUT2D eigenvalue weighted by atomic mass is 16.5. The summed E-state index contributed by atoms with van der Waals surface area (Å²) in [6.07, 6.45) is 1.13. The summed E-state index contributed by atoms with van der Waals surface area (Å²) in [5.74, 6) is 0.664. The zero-order valence-electron chi connectivity index (χ0n) is 11.6. The van der Waals surface area contributed by atoms with Gasteiger partial charge in [-0.15, -0.1) is 0 Å². The molecule has 92 valence electrons. The van der Waals surface area contributed by atoms with Gasteiger partial charge in [0, 0.05) is 19.3 Å². The zero-order chi connectivity index (χ0) is 12.1. The number of hydrogen-bond donors (Lipinski definition) is 1. The van der Waals surface area contributed by atoms with Crippen LogP contribution in [0.25, 0.3) is 0 Å². The van der Waals surface area contributed by atoms with Crippen LogP contribution in [0.4, 0.5) is 0 Å². The Morgan fingerprint density at radius 1 is 1.07 bits per heavy atom. The van der Waals surface area contributed by atoms with Crippen molar-refractivity contribution in [3.8, 4) is 0 Å². The Balaban J connectivity index is 4.14. The van der Waals surface area contributed by atoms with Crippen LogP contribution in [0.15, 0.2) is 0 Å². The first-order valence-corrected chi connectivity index (χ1v) is 5.91. The summed E-state index contributed by atoms with van der Waals surface area (Å²) in [5.41, 5.74) is 0.549. The molecule has 1 N–H and O–H groups in total. The van der Waals surface area contributed by atoms with Crippen molar-refractivity contribution in [3.05, 3.63) is 0 Å². The summed E-state index contributed by atoms with van der Waals surface area (Å²) in [6.45, 7) is 15.5. The Kier molecular flexibility index (Phi) is 5.82. The van der Waals surface area contributed by atoms with E-state index >= 15 is 0 Å². The number of hydrogen-bond acceptors (Lipinski definition) is 2. The van der Waals surface area contributed by atoms with Crippen molar-refractivity contribution in [1.82, 2.24) is 5.32 Å². The SMILES string of the molecule is COCCC(CNC(C)(C)C)C(C)(C)C. The van der Waals surface area contributed by atoms with Gasteiger partial charge in [-0.05, 0) is 45.1 Å². The molecule has 0 aromatic heterocycles. The summed E-state index contributed by atoms with van der Waals surface area (Å²) >= 11 is 0. The van der Waals surface area contributed by atoms with E-state index in [-0.39, 0.29) is 5.54 Å². The monoisotopic (exact) mass is 215 g/mol. The average Bonchev–Trinajstić information content (AvgIpc) is 1.99. The molecule has 15 heavy (non-hydrogen) atoms. The molecule has 0 aliphatic heterocycles. The standard InChI is InChI=1S/C13H29NO/c1-12(2,3)11(8-9-15-7)10-14-13(4,5)6/h11,14H,8-10H2,1-7H3. The van der Waals surface area contributed by atoms with Crippen molar-refractivity contribution >= 4 is 0 Å². The molecule has 2 nitrogen and oxygen atoms in total. The largest absolute Gasteiger partial charge is 0.385 e. The lowest BCUT2D eigenvalue weighted by Gasteiger charge is -2.33. The van der Waals surface area contributed by atoms with Gasteiger partial charge in [0.1, 0.15) is 0 Å². The van der Waals surface area contributed by atoms with Crippen LogP contribution in [0.2, 0.25) is 0 Å². The van der Waals surface area contributed by atoms with Crippen LogP contribution in [-0.4, -0.2) is 25.8 Å². The van der Waals surface area contributed by atoms with Crippen LogP contribution in [0.1, 0.15) is 48.0 Å². The first-order valence-electron chi connectivity index (χ1n) is 5.91. The minimum atomic E-state index is 0.205. The van der Waals surface area contributed by atoms with Crippen LogP contribution < -0.4 is 5.32 Å². The predicted octanol–water partition coefficient (Wildman–Crippen LogP) is 3.07. The fourth-order valence-electron chi connectivity index (χ4n) is 1.53. The van der Waals surface area contributed by atoms with Crippen molar-refractivity contribution in [2.75, 3.05) is 20.3 Å². The van der Waals surface area contributed by atoms with E-state index in [1.165, 1.54) is 0 Å². The minimum Gasteiger partial charge on any atom is -0.385 e. The Morgan fingerprint density at radius 2 is 1.60 bits per heavy atom. The number of ether oxygens (including phenoxy) is 1. The smallest absolute Gasteiger partial charge is 0.0465 e. The normalized spacial score (nSPS) is 15.4. The van der Waals surface area contributed by atoms with Gasteiger partial charge < -0.3 is 10.1 Å². The molecule has 0 aromatic carbocycles. The number of rotatable bonds is 5. The van der Waals surface area contributed by atoms with E-state index in [4.69, 9.17) is 4.74 Å². The van der Waals surface area contributed by atoms with E-state index in [9.17, 15) is 0 Å². The second-order valence-electron chi connectivity index (χ2n) is 6.48. The molecule has 0 aliphatic carbocycles. The molecule has 0 amide bonds. The maximum atomic E-state index is 5.17. The van der Waals surface area contributed by atoms with Gasteiger partial charge in [-0.3, -0.25) is 0 Å². The van der Waals surface area contributed by atoms with Crippen molar-refractivity contribution in [2.45, 2.75) is 53.5 Å². The molecule has 0 spiro atoms. The van der Waals surface area contributed by atoms with E-state index in [2.05, 4.69) is 46.9 Å². The van der Waals surface area contributed by atoms with Gasteiger partial charge in [0.25, 0.3) is 0 Å². The topological polar surface area (TPSA) is 21.3 Å². The molecule has 0 heterocycles. The van der Waals surface area contributed by atoms with Crippen molar-refractivity contribution in [2.24, 2.45) is 11.3 Å². The lowest BCUT2D eigenvalue weighted by atomic mass is 9.78. The first-order chi connectivity index (χ1) is 6.67. The van der Waals surface area contributed by atoms with Gasteiger partial charge >= 0.3 is 0 Å². The summed E-state index contributed by atoms with van der Waals surface area (Å²) < 4.78 is 5.17. The van der Waals surface area contributed by atoms with Crippen LogP contribution in [0.5, 0.6) is 0 Å². The maximum absolute atomic E-state index is 5.17. The Labute approximate surface area is 95.8 Å². The highest BCUT2D eigenvalue weighted by Gasteiger charge is 2.25. The lowest BCUT2D eigenvalue weighted by molar-refractivity contribution is 0.130. The van der Waals surface area contributed by atoms with E-state index in [1.54, 1.807) is 7.11 Å². The van der Waals surface area contributed by atoms with Gasteiger partial charge in [0.15, 0.2) is 0 Å². The second kappa shape index (κ2) is 5.86. The van der Waals surface area contributed by atoms with Gasteiger partial charge in [0.2, 0.25) is 0 Å². The highest BCUT2D eigenvalue weighted by Crippen LogP contribution is 2.28. The lowest BCUT2D eigenvalue weighted by Crippen LogP contribution is -2.42. The molecule has 0 saturated carbocycles. The van der Waals surface area contributed by atoms with E-state index < -0.39 is 0 Å². The second-order valence-corrected chi connectivity index (χ2v) is 6.48. The summed E-state index contributed by atoms with van der Waals surface area (Å²) in [5, 5.41) is 3.58. The summed E-state index contributed by atoms with van der Waals surface area (Å²) in [4.78, 5) is 0. The molecule has 0 fully saturated rings. The van der Waals surface area contributed by atoms with Crippen LogP contribution in [0.3, 0.4) is 0 Å². The van der Waals surface area contributed by atoms with Crippen molar-refractivity contribution < 1.29 is 4.74 Å². The third-order valence-corrected chi connectivity index (χ3v) is 2.77. The van der Waals surface area contributed by atoms with Gasteiger partial charge in [0.05, 0.1) is 0 Å². The third kappa shape index (κ3) is 7.80. The van der Waals surface area contributed by atoms with Gasteiger partial charge in [-0.1, -0.05) is 20.8 Å². The Morgan fingerprint density at radius 3 is 1.93 bits per heavy atom. The Bertz CT molecular complexity index is 164. The molecule has 0 saturated heterocycles. The third-order valence-electron chi connectivity index (χ3n) is 2.77. The zero-order valence-corrected chi connectivity index (χ0v) is 11.6. The van der Waals surface area contributed by atoms with Gasteiger partial charge in [-0.25, -0.2) is 0 Å². The molecule has 0 radical (unpaired) electrons. The number of methoxy groups -OCH3 is 1. The fraction of sp³-hybridized carbons (Fsp3) is 1.00.